The standard InChI is InChI=1S/C13H13N3O4/c17-12(18)11(9-4-2-1-3-5-9)15-13(19)14-8-10-6-7-20-16-10/h1-7,11H,8H2,(H,17,18)(H2,14,15,19). The smallest absolute Gasteiger partial charge is 0.330 e. The minimum absolute atomic E-state index is 0.156. The summed E-state index contributed by atoms with van der Waals surface area (Å²) in [6.45, 7) is 0.156. The minimum atomic E-state index is -1.13. The molecule has 0 aliphatic rings. The van der Waals surface area contributed by atoms with Gasteiger partial charge in [0, 0.05) is 6.07 Å². The van der Waals surface area contributed by atoms with Crippen LogP contribution in [0.4, 0.5) is 4.79 Å². The zero-order chi connectivity index (χ0) is 14.4. The number of carboxylic acid groups (broad SMARTS) is 1. The topological polar surface area (TPSA) is 104 Å². The average molecular weight is 275 g/mol. The van der Waals surface area contributed by atoms with Crippen molar-refractivity contribution < 1.29 is 19.2 Å². The molecule has 1 unspecified atom stereocenters. The van der Waals surface area contributed by atoms with E-state index in [0.717, 1.165) is 0 Å². The zero-order valence-corrected chi connectivity index (χ0v) is 10.4. The van der Waals surface area contributed by atoms with Crippen LogP contribution < -0.4 is 10.6 Å². The van der Waals surface area contributed by atoms with Crippen molar-refractivity contribution in [2.45, 2.75) is 12.6 Å². The van der Waals surface area contributed by atoms with Crippen LogP contribution in [-0.2, 0) is 11.3 Å². The average Bonchev–Trinajstić information content (AvgIpc) is 2.96. The maximum Gasteiger partial charge on any atom is 0.330 e. The molecule has 0 radical (unpaired) electrons. The van der Waals surface area contributed by atoms with Crippen molar-refractivity contribution in [2.24, 2.45) is 0 Å². The molecule has 0 saturated heterocycles. The molecular formula is C13H13N3O4. The third-order valence-corrected chi connectivity index (χ3v) is 2.58. The highest BCUT2D eigenvalue weighted by atomic mass is 16.5. The highest BCUT2D eigenvalue weighted by molar-refractivity contribution is 5.83. The van der Waals surface area contributed by atoms with Crippen molar-refractivity contribution in [3.8, 4) is 0 Å². The fraction of sp³-hybridized carbons (Fsp3) is 0.154. The Bertz CT molecular complexity index is 569. The molecule has 1 heterocycles. The molecule has 1 aromatic carbocycles. The monoisotopic (exact) mass is 275 g/mol. The summed E-state index contributed by atoms with van der Waals surface area (Å²) in [6, 6.07) is 8.37. The van der Waals surface area contributed by atoms with E-state index in [-0.39, 0.29) is 6.54 Å². The summed E-state index contributed by atoms with van der Waals surface area (Å²) in [7, 11) is 0. The van der Waals surface area contributed by atoms with E-state index in [1.54, 1.807) is 36.4 Å². The van der Waals surface area contributed by atoms with Gasteiger partial charge in [-0.15, -0.1) is 0 Å². The first-order valence-electron chi connectivity index (χ1n) is 5.88. The number of rotatable bonds is 5. The quantitative estimate of drug-likeness (QED) is 0.763. The number of hydrogen-bond acceptors (Lipinski definition) is 4. The molecule has 7 heteroatoms. The van der Waals surface area contributed by atoms with Crippen LogP contribution in [0.15, 0.2) is 47.2 Å². The van der Waals surface area contributed by atoms with Crippen molar-refractivity contribution in [3.05, 3.63) is 53.9 Å². The number of nitrogens with zero attached hydrogens (tertiary/aromatic N) is 1. The molecule has 1 aromatic heterocycles. The third-order valence-electron chi connectivity index (χ3n) is 2.58. The summed E-state index contributed by atoms with van der Waals surface area (Å²) in [4.78, 5) is 22.9. The maximum absolute atomic E-state index is 11.7. The highest BCUT2D eigenvalue weighted by Crippen LogP contribution is 2.12. The molecule has 20 heavy (non-hydrogen) atoms. The number of benzene rings is 1. The summed E-state index contributed by atoms with van der Waals surface area (Å²) >= 11 is 0. The summed E-state index contributed by atoms with van der Waals surface area (Å²) in [6.07, 6.45) is 1.39. The van der Waals surface area contributed by atoms with E-state index >= 15 is 0 Å². The number of aliphatic carboxylic acids is 1. The van der Waals surface area contributed by atoms with Crippen LogP contribution in [0.2, 0.25) is 0 Å². The normalized spacial score (nSPS) is 11.6. The van der Waals surface area contributed by atoms with Gasteiger partial charge in [-0.3, -0.25) is 0 Å². The van der Waals surface area contributed by atoms with Crippen molar-refractivity contribution >= 4 is 12.0 Å². The van der Waals surface area contributed by atoms with Gasteiger partial charge in [0.15, 0.2) is 6.04 Å². The fourth-order valence-electron chi connectivity index (χ4n) is 1.61. The molecule has 0 fully saturated rings. The molecule has 0 saturated carbocycles. The van der Waals surface area contributed by atoms with Gasteiger partial charge in [-0.25, -0.2) is 9.59 Å². The van der Waals surface area contributed by atoms with Crippen molar-refractivity contribution in [1.29, 1.82) is 0 Å². The van der Waals surface area contributed by atoms with Gasteiger partial charge in [0.25, 0.3) is 0 Å². The SMILES string of the molecule is O=C(NCc1ccon1)NC(C(=O)O)c1ccccc1. The molecule has 2 rings (SSSR count). The number of urea groups is 1. The van der Waals surface area contributed by atoms with Crippen molar-refractivity contribution in [2.75, 3.05) is 0 Å². The molecule has 1 atom stereocenters. The Morgan fingerprint density at radius 3 is 2.60 bits per heavy atom. The molecule has 0 aliphatic carbocycles. The number of nitrogens with one attached hydrogen (secondary N) is 2. The summed E-state index contributed by atoms with van der Waals surface area (Å²) in [5.41, 5.74) is 1.04. The Balaban J connectivity index is 1.95. The number of aromatic nitrogens is 1. The van der Waals surface area contributed by atoms with Gasteiger partial charge in [0.1, 0.15) is 12.0 Å². The first kappa shape index (κ1) is 13.6. The number of carboxylic acids is 1. The van der Waals surface area contributed by atoms with Crippen LogP contribution in [0.1, 0.15) is 17.3 Å². The van der Waals surface area contributed by atoms with Crippen molar-refractivity contribution in [1.82, 2.24) is 15.8 Å². The molecule has 0 bridgehead atoms. The Kier molecular flexibility index (Phi) is 4.33. The molecular weight excluding hydrogens is 262 g/mol. The molecule has 104 valence electrons. The van der Waals surface area contributed by atoms with Gasteiger partial charge in [0.2, 0.25) is 0 Å². The molecule has 3 N–H and O–H groups in total. The Morgan fingerprint density at radius 1 is 1.25 bits per heavy atom. The molecule has 0 aliphatic heterocycles. The lowest BCUT2D eigenvalue weighted by molar-refractivity contribution is -0.139. The van der Waals surface area contributed by atoms with E-state index in [2.05, 4.69) is 20.3 Å². The van der Waals surface area contributed by atoms with Gasteiger partial charge in [-0.1, -0.05) is 35.5 Å². The first-order valence-corrected chi connectivity index (χ1v) is 5.88. The highest BCUT2D eigenvalue weighted by Gasteiger charge is 2.21. The minimum Gasteiger partial charge on any atom is -0.479 e. The second kappa shape index (κ2) is 6.37. The summed E-state index contributed by atoms with van der Waals surface area (Å²) in [5, 5.41) is 17.7. The lowest BCUT2D eigenvalue weighted by Crippen LogP contribution is -2.40. The van der Waals surface area contributed by atoms with Crippen LogP contribution in [-0.4, -0.2) is 22.3 Å². The van der Waals surface area contributed by atoms with E-state index < -0.39 is 18.0 Å². The van der Waals surface area contributed by atoms with E-state index in [1.807, 2.05) is 0 Å². The second-order valence-electron chi connectivity index (χ2n) is 4.00. The maximum atomic E-state index is 11.7. The van der Waals surface area contributed by atoms with Gasteiger partial charge >= 0.3 is 12.0 Å². The summed E-state index contributed by atoms with van der Waals surface area (Å²) < 4.78 is 4.62. The molecule has 2 amide bonds. The number of carbonyl (C=O) groups is 2. The number of hydrogen-bond donors (Lipinski definition) is 3. The Labute approximate surface area is 114 Å². The summed E-state index contributed by atoms with van der Waals surface area (Å²) in [5.74, 6) is -1.13. The predicted octanol–water partition coefficient (Wildman–Crippen LogP) is 1.30. The van der Waals surface area contributed by atoms with Gasteiger partial charge < -0.3 is 20.3 Å². The second-order valence-corrected chi connectivity index (χ2v) is 4.00. The van der Waals surface area contributed by atoms with Crippen LogP contribution >= 0.6 is 0 Å². The van der Waals surface area contributed by atoms with Gasteiger partial charge in [-0.2, -0.15) is 0 Å². The molecule has 0 spiro atoms. The molecule has 7 nitrogen and oxygen atoms in total. The van der Waals surface area contributed by atoms with Crippen LogP contribution in [0.25, 0.3) is 0 Å². The Hall–Kier alpha value is -2.83. The van der Waals surface area contributed by atoms with E-state index in [9.17, 15) is 9.59 Å². The predicted molar refractivity (Wildman–Crippen MR) is 68.7 cm³/mol. The lowest BCUT2D eigenvalue weighted by Gasteiger charge is -2.15. The van der Waals surface area contributed by atoms with Crippen LogP contribution in [0.5, 0.6) is 0 Å². The fourth-order valence-corrected chi connectivity index (χ4v) is 1.61. The Morgan fingerprint density at radius 2 is 2.00 bits per heavy atom. The van der Waals surface area contributed by atoms with Gasteiger partial charge in [-0.05, 0) is 5.56 Å². The lowest BCUT2D eigenvalue weighted by atomic mass is 10.1. The molecule has 2 aromatic rings. The van der Waals surface area contributed by atoms with E-state index in [4.69, 9.17) is 5.11 Å². The first-order chi connectivity index (χ1) is 9.66. The number of carbonyl (C=O) groups excluding carboxylic acids is 1. The van der Waals surface area contributed by atoms with Gasteiger partial charge in [0.05, 0.1) is 6.54 Å². The van der Waals surface area contributed by atoms with E-state index in [0.29, 0.717) is 11.3 Å². The number of amides is 2. The zero-order valence-electron chi connectivity index (χ0n) is 10.4. The van der Waals surface area contributed by atoms with Crippen LogP contribution in [0.3, 0.4) is 0 Å². The van der Waals surface area contributed by atoms with Crippen LogP contribution in [0, 0.1) is 0 Å². The largest absolute Gasteiger partial charge is 0.479 e. The van der Waals surface area contributed by atoms with E-state index in [1.165, 1.54) is 6.26 Å². The van der Waals surface area contributed by atoms with Crippen molar-refractivity contribution in [3.63, 3.8) is 0 Å². The third kappa shape index (κ3) is 3.58.